The van der Waals surface area contributed by atoms with Crippen LogP contribution < -0.4 is 11.1 Å². The first-order chi connectivity index (χ1) is 10.6. The fourth-order valence-corrected chi connectivity index (χ4v) is 2.73. The Hall–Kier alpha value is -1.55. The summed E-state index contributed by atoms with van der Waals surface area (Å²) in [6, 6.07) is 9.07. The molecule has 0 aromatic heterocycles. The Labute approximate surface area is 134 Å². The molecule has 3 N–H and O–H groups in total. The lowest BCUT2D eigenvalue weighted by atomic mass is 9.85. The van der Waals surface area contributed by atoms with Crippen LogP contribution in [0.5, 0.6) is 0 Å². The van der Waals surface area contributed by atoms with Gasteiger partial charge in [-0.2, -0.15) is 0 Å². The number of nitrogens with one attached hydrogen (secondary N) is 1. The molecule has 4 heteroatoms. The topological polar surface area (TPSA) is 53.6 Å². The van der Waals surface area contributed by atoms with Crippen molar-refractivity contribution in [3.63, 3.8) is 0 Å². The smallest absolute Gasteiger partial charge is 0.188 e. The van der Waals surface area contributed by atoms with Crippen molar-refractivity contribution >= 4 is 5.96 Å². The number of likely N-dealkylation sites (N-methyl/N-ethyl adjacent to an activating group) is 1. The van der Waals surface area contributed by atoms with Crippen LogP contribution in [0, 0.1) is 5.92 Å². The molecule has 0 aliphatic heterocycles. The van der Waals surface area contributed by atoms with Gasteiger partial charge in [-0.15, -0.1) is 0 Å². The lowest BCUT2D eigenvalue weighted by Crippen LogP contribution is -2.38. The Morgan fingerprint density at radius 3 is 2.50 bits per heavy atom. The second-order valence-electron chi connectivity index (χ2n) is 6.48. The molecular formula is C18H30N4. The van der Waals surface area contributed by atoms with Gasteiger partial charge in [-0.3, -0.25) is 4.99 Å². The minimum absolute atomic E-state index is 0.259. The molecule has 1 aliphatic carbocycles. The highest BCUT2D eigenvalue weighted by Gasteiger charge is 2.17. The van der Waals surface area contributed by atoms with E-state index in [0.717, 1.165) is 18.9 Å². The molecule has 1 aromatic rings. The Balaban J connectivity index is 1.92. The van der Waals surface area contributed by atoms with Gasteiger partial charge in [0.05, 0.1) is 12.6 Å². The van der Waals surface area contributed by atoms with Crippen molar-refractivity contribution in [3.8, 4) is 0 Å². The van der Waals surface area contributed by atoms with Gasteiger partial charge in [0.25, 0.3) is 0 Å². The minimum Gasteiger partial charge on any atom is -0.370 e. The summed E-state index contributed by atoms with van der Waals surface area (Å²) in [5.41, 5.74) is 8.65. The Morgan fingerprint density at radius 1 is 1.32 bits per heavy atom. The third-order valence-corrected chi connectivity index (χ3v) is 4.63. The van der Waals surface area contributed by atoms with Gasteiger partial charge in [-0.25, -0.2) is 0 Å². The molecule has 1 aliphatic rings. The summed E-state index contributed by atoms with van der Waals surface area (Å²) in [4.78, 5) is 6.73. The molecule has 0 radical (unpaired) electrons. The number of rotatable bonds is 7. The van der Waals surface area contributed by atoms with Gasteiger partial charge >= 0.3 is 0 Å². The summed E-state index contributed by atoms with van der Waals surface area (Å²) in [7, 11) is 4.18. The average Bonchev–Trinajstić information content (AvgIpc) is 2.46. The third kappa shape index (κ3) is 4.73. The molecule has 1 atom stereocenters. The SMILES string of the molecule is CCc1ccc(C(CN=C(N)NCC2CCC2)N(C)C)cc1. The molecule has 0 heterocycles. The number of guanidine groups is 1. The van der Waals surface area contributed by atoms with E-state index in [1.54, 1.807) is 0 Å². The van der Waals surface area contributed by atoms with Gasteiger partial charge < -0.3 is 16.0 Å². The van der Waals surface area contributed by atoms with Gasteiger partial charge in [-0.05, 0) is 50.4 Å². The number of aliphatic imine (C=N–C) groups is 1. The summed E-state index contributed by atoms with van der Waals surface area (Å²) in [5, 5.41) is 3.26. The van der Waals surface area contributed by atoms with Crippen molar-refractivity contribution in [1.82, 2.24) is 10.2 Å². The van der Waals surface area contributed by atoms with E-state index < -0.39 is 0 Å². The first-order valence-electron chi connectivity index (χ1n) is 8.39. The Morgan fingerprint density at radius 2 is 2.00 bits per heavy atom. The molecule has 122 valence electrons. The van der Waals surface area contributed by atoms with Crippen LogP contribution in [0.1, 0.15) is 43.4 Å². The van der Waals surface area contributed by atoms with Crippen LogP contribution in [0.3, 0.4) is 0 Å². The second kappa shape index (κ2) is 8.18. The van der Waals surface area contributed by atoms with E-state index in [4.69, 9.17) is 5.73 Å². The zero-order valence-electron chi connectivity index (χ0n) is 14.2. The van der Waals surface area contributed by atoms with Crippen molar-refractivity contribution in [2.24, 2.45) is 16.6 Å². The van der Waals surface area contributed by atoms with Crippen LogP contribution >= 0.6 is 0 Å². The lowest BCUT2D eigenvalue weighted by molar-refractivity contribution is 0.305. The summed E-state index contributed by atoms with van der Waals surface area (Å²) in [6.07, 6.45) is 5.08. The summed E-state index contributed by atoms with van der Waals surface area (Å²) < 4.78 is 0. The second-order valence-corrected chi connectivity index (χ2v) is 6.48. The Kier molecular flexibility index (Phi) is 6.25. The van der Waals surface area contributed by atoms with Crippen molar-refractivity contribution < 1.29 is 0 Å². The number of hydrogen-bond donors (Lipinski definition) is 2. The van der Waals surface area contributed by atoms with Crippen molar-refractivity contribution in [3.05, 3.63) is 35.4 Å². The molecule has 0 amide bonds. The molecule has 1 fully saturated rings. The third-order valence-electron chi connectivity index (χ3n) is 4.63. The normalized spacial score (nSPS) is 17.4. The quantitative estimate of drug-likeness (QED) is 0.601. The molecule has 4 nitrogen and oxygen atoms in total. The van der Waals surface area contributed by atoms with E-state index in [2.05, 4.69) is 60.5 Å². The molecule has 0 saturated heterocycles. The molecular weight excluding hydrogens is 272 g/mol. The lowest BCUT2D eigenvalue weighted by Gasteiger charge is -2.26. The van der Waals surface area contributed by atoms with Crippen LogP contribution in [-0.2, 0) is 6.42 Å². The summed E-state index contributed by atoms with van der Waals surface area (Å²) >= 11 is 0. The van der Waals surface area contributed by atoms with Crippen LogP contribution in [0.15, 0.2) is 29.3 Å². The maximum atomic E-state index is 5.99. The highest BCUT2D eigenvalue weighted by atomic mass is 15.1. The van der Waals surface area contributed by atoms with Gasteiger partial charge in [0.1, 0.15) is 0 Å². The number of aryl methyl sites for hydroxylation is 1. The highest BCUT2D eigenvalue weighted by molar-refractivity contribution is 5.77. The molecule has 1 unspecified atom stereocenters. The predicted octanol–water partition coefficient (Wildman–Crippen LogP) is 2.56. The van der Waals surface area contributed by atoms with Crippen molar-refractivity contribution in [2.75, 3.05) is 27.2 Å². The predicted molar refractivity (Wildman–Crippen MR) is 94.1 cm³/mol. The van der Waals surface area contributed by atoms with Gasteiger partial charge in [0, 0.05) is 6.54 Å². The summed E-state index contributed by atoms with van der Waals surface area (Å²) in [5.74, 6) is 1.36. The number of nitrogens with two attached hydrogens (primary N) is 1. The maximum Gasteiger partial charge on any atom is 0.188 e. The molecule has 2 rings (SSSR count). The van der Waals surface area contributed by atoms with Crippen LogP contribution in [0.25, 0.3) is 0 Å². The van der Waals surface area contributed by atoms with E-state index in [0.29, 0.717) is 12.5 Å². The van der Waals surface area contributed by atoms with Crippen molar-refractivity contribution in [2.45, 2.75) is 38.6 Å². The van der Waals surface area contributed by atoms with Crippen LogP contribution in [0.2, 0.25) is 0 Å². The molecule has 0 bridgehead atoms. The van der Waals surface area contributed by atoms with E-state index >= 15 is 0 Å². The molecule has 22 heavy (non-hydrogen) atoms. The monoisotopic (exact) mass is 302 g/mol. The standard InChI is InChI=1S/C18H30N4/c1-4-14-8-10-16(11-9-14)17(22(2)3)13-21-18(19)20-12-15-6-5-7-15/h8-11,15,17H,4-7,12-13H2,1-3H3,(H3,19,20,21). The molecule has 1 aromatic carbocycles. The van der Waals surface area contributed by atoms with E-state index in [9.17, 15) is 0 Å². The highest BCUT2D eigenvalue weighted by Crippen LogP contribution is 2.25. The van der Waals surface area contributed by atoms with Crippen molar-refractivity contribution in [1.29, 1.82) is 0 Å². The van der Waals surface area contributed by atoms with E-state index in [1.165, 1.54) is 30.4 Å². The zero-order chi connectivity index (χ0) is 15.9. The first kappa shape index (κ1) is 16.8. The van der Waals surface area contributed by atoms with Crippen LogP contribution in [0.4, 0.5) is 0 Å². The van der Waals surface area contributed by atoms with Crippen LogP contribution in [-0.4, -0.2) is 38.0 Å². The van der Waals surface area contributed by atoms with Gasteiger partial charge in [-0.1, -0.05) is 37.6 Å². The van der Waals surface area contributed by atoms with Gasteiger partial charge in [0.2, 0.25) is 0 Å². The largest absolute Gasteiger partial charge is 0.370 e. The molecule has 1 saturated carbocycles. The Bertz CT molecular complexity index is 474. The fourth-order valence-electron chi connectivity index (χ4n) is 2.73. The minimum atomic E-state index is 0.259. The number of benzene rings is 1. The van der Waals surface area contributed by atoms with E-state index in [1.807, 2.05) is 0 Å². The first-order valence-corrected chi connectivity index (χ1v) is 8.39. The number of hydrogen-bond acceptors (Lipinski definition) is 2. The van der Waals surface area contributed by atoms with Gasteiger partial charge in [0.15, 0.2) is 5.96 Å². The zero-order valence-corrected chi connectivity index (χ0v) is 14.2. The fraction of sp³-hybridized carbons (Fsp3) is 0.611. The molecule has 0 spiro atoms. The summed E-state index contributed by atoms with van der Waals surface area (Å²) in [6.45, 7) is 3.83. The maximum absolute atomic E-state index is 5.99. The number of nitrogens with zero attached hydrogens (tertiary/aromatic N) is 2. The average molecular weight is 302 g/mol. The van der Waals surface area contributed by atoms with E-state index in [-0.39, 0.29) is 6.04 Å².